The van der Waals surface area contributed by atoms with Crippen molar-refractivity contribution in [3.63, 3.8) is 0 Å². The van der Waals surface area contributed by atoms with Gasteiger partial charge in [-0.25, -0.2) is 0 Å². The first-order valence-electron chi connectivity index (χ1n) is 7.00. The summed E-state index contributed by atoms with van der Waals surface area (Å²) in [6.07, 6.45) is 5.59. The lowest BCUT2D eigenvalue weighted by atomic mass is 10.0. The molecule has 20 heavy (non-hydrogen) atoms. The number of hydrogen-bond acceptors (Lipinski definition) is 3. The number of hydrogen-bond donors (Lipinski definition) is 1. The van der Waals surface area contributed by atoms with E-state index in [1.54, 1.807) is 0 Å². The maximum absolute atomic E-state index is 5.91. The van der Waals surface area contributed by atoms with Gasteiger partial charge in [0.1, 0.15) is 5.75 Å². The monoisotopic (exact) mass is 273 g/mol. The van der Waals surface area contributed by atoms with Crippen molar-refractivity contribution in [2.75, 3.05) is 6.61 Å². The van der Waals surface area contributed by atoms with Crippen molar-refractivity contribution < 1.29 is 4.74 Å². The number of nitrogens with zero attached hydrogens (tertiary/aromatic N) is 2. The Kier molecular flexibility index (Phi) is 4.79. The van der Waals surface area contributed by atoms with Gasteiger partial charge in [-0.3, -0.25) is 4.68 Å². The van der Waals surface area contributed by atoms with Crippen LogP contribution in [-0.4, -0.2) is 22.4 Å². The molecule has 2 N–H and O–H groups in total. The molecule has 1 heterocycles. The SMILES string of the molecule is Cc1ccc(OCCc2cnn(C)c2)c(CC(C)N)c1. The first-order valence-corrected chi connectivity index (χ1v) is 7.00. The van der Waals surface area contributed by atoms with Crippen molar-refractivity contribution in [2.45, 2.75) is 32.7 Å². The fourth-order valence-corrected chi connectivity index (χ4v) is 2.24. The summed E-state index contributed by atoms with van der Waals surface area (Å²) in [4.78, 5) is 0. The molecule has 0 spiro atoms. The third-order valence-corrected chi connectivity index (χ3v) is 3.16. The number of aromatic nitrogens is 2. The number of benzene rings is 1. The number of rotatable bonds is 6. The van der Waals surface area contributed by atoms with Crippen LogP contribution < -0.4 is 10.5 Å². The molecular formula is C16H23N3O. The fourth-order valence-electron chi connectivity index (χ4n) is 2.24. The maximum atomic E-state index is 5.91. The second-order valence-corrected chi connectivity index (χ2v) is 5.41. The van der Waals surface area contributed by atoms with Crippen LogP contribution in [0.2, 0.25) is 0 Å². The topological polar surface area (TPSA) is 53.1 Å². The fraction of sp³-hybridized carbons (Fsp3) is 0.438. The molecule has 0 radical (unpaired) electrons. The lowest BCUT2D eigenvalue weighted by Crippen LogP contribution is -2.18. The molecule has 1 unspecified atom stereocenters. The molecule has 0 saturated heterocycles. The van der Waals surface area contributed by atoms with Crippen LogP contribution in [0.25, 0.3) is 0 Å². The van der Waals surface area contributed by atoms with E-state index in [0.29, 0.717) is 6.61 Å². The van der Waals surface area contributed by atoms with E-state index in [1.807, 2.05) is 37.1 Å². The highest BCUT2D eigenvalue weighted by Gasteiger charge is 2.07. The van der Waals surface area contributed by atoms with Crippen LogP contribution in [0.5, 0.6) is 5.75 Å². The van der Waals surface area contributed by atoms with Crippen LogP contribution >= 0.6 is 0 Å². The Labute approximate surface area is 120 Å². The molecule has 0 aliphatic carbocycles. The summed E-state index contributed by atoms with van der Waals surface area (Å²) in [6.45, 7) is 4.76. The van der Waals surface area contributed by atoms with Crippen LogP contribution in [-0.2, 0) is 19.9 Å². The van der Waals surface area contributed by atoms with Crippen molar-refractivity contribution in [1.82, 2.24) is 9.78 Å². The normalized spacial score (nSPS) is 12.4. The number of aryl methyl sites for hydroxylation is 2. The largest absolute Gasteiger partial charge is 0.493 e. The molecule has 1 atom stereocenters. The molecule has 1 aromatic heterocycles. The summed E-state index contributed by atoms with van der Waals surface area (Å²) < 4.78 is 7.72. The van der Waals surface area contributed by atoms with E-state index in [4.69, 9.17) is 10.5 Å². The van der Waals surface area contributed by atoms with E-state index in [-0.39, 0.29) is 6.04 Å². The quantitative estimate of drug-likeness (QED) is 0.878. The maximum Gasteiger partial charge on any atom is 0.122 e. The lowest BCUT2D eigenvalue weighted by molar-refractivity contribution is 0.318. The van der Waals surface area contributed by atoms with Gasteiger partial charge in [0.15, 0.2) is 0 Å². The molecular weight excluding hydrogens is 250 g/mol. The zero-order valence-corrected chi connectivity index (χ0v) is 12.5. The van der Waals surface area contributed by atoms with Gasteiger partial charge in [0, 0.05) is 25.7 Å². The average molecular weight is 273 g/mol. The van der Waals surface area contributed by atoms with Crippen LogP contribution in [0, 0.1) is 6.92 Å². The van der Waals surface area contributed by atoms with Gasteiger partial charge in [-0.05, 0) is 37.5 Å². The average Bonchev–Trinajstić information content (AvgIpc) is 2.77. The van der Waals surface area contributed by atoms with Crippen LogP contribution in [0.3, 0.4) is 0 Å². The molecule has 4 nitrogen and oxygen atoms in total. The Morgan fingerprint density at radius 1 is 1.40 bits per heavy atom. The molecule has 0 saturated carbocycles. The molecule has 2 rings (SSSR count). The summed E-state index contributed by atoms with van der Waals surface area (Å²) in [5, 5.41) is 4.16. The molecule has 0 aliphatic heterocycles. The lowest BCUT2D eigenvalue weighted by Gasteiger charge is -2.13. The predicted octanol–water partition coefficient (Wildman–Crippen LogP) is 2.24. The van der Waals surface area contributed by atoms with E-state index in [1.165, 1.54) is 16.7 Å². The summed E-state index contributed by atoms with van der Waals surface area (Å²) in [5.74, 6) is 0.941. The van der Waals surface area contributed by atoms with Crippen LogP contribution in [0.1, 0.15) is 23.6 Å². The first kappa shape index (κ1) is 14.6. The molecule has 4 heteroatoms. The van der Waals surface area contributed by atoms with E-state index >= 15 is 0 Å². The molecule has 108 valence electrons. The molecule has 1 aromatic carbocycles. The standard InChI is InChI=1S/C16H23N3O/c1-12-4-5-16(15(8-12)9-13(2)17)20-7-6-14-10-18-19(3)11-14/h4-5,8,10-11,13H,6-7,9,17H2,1-3H3. The van der Waals surface area contributed by atoms with Gasteiger partial charge in [-0.2, -0.15) is 5.10 Å². The van der Waals surface area contributed by atoms with Gasteiger partial charge in [-0.1, -0.05) is 17.7 Å². The van der Waals surface area contributed by atoms with Crippen molar-refractivity contribution in [3.05, 3.63) is 47.3 Å². The van der Waals surface area contributed by atoms with Crippen molar-refractivity contribution >= 4 is 0 Å². The highest BCUT2D eigenvalue weighted by Crippen LogP contribution is 2.21. The van der Waals surface area contributed by atoms with Crippen LogP contribution in [0.15, 0.2) is 30.6 Å². The Morgan fingerprint density at radius 3 is 2.85 bits per heavy atom. The minimum atomic E-state index is 0.137. The second kappa shape index (κ2) is 6.57. The Bertz CT molecular complexity index is 561. The summed E-state index contributed by atoms with van der Waals surface area (Å²) in [6, 6.07) is 6.40. The smallest absolute Gasteiger partial charge is 0.122 e. The van der Waals surface area contributed by atoms with Gasteiger partial charge in [0.25, 0.3) is 0 Å². The van der Waals surface area contributed by atoms with Crippen LogP contribution in [0.4, 0.5) is 0 Å². The minimum absolute atomic E-state index is 0.137. The summed E-state index contributed by atoms with van der Waals surface area (Å²) >= 11 is 0. The minimum Gasteiger partial charge on any atom is -0.493 e. The van der Waals surface area contributed by atoms with Gasteiger partial charge in [0.05, 0.1) is 12.8 Å². The van der Waals surface area contributed by atoms with E-state index in [9.17, 15) is 0 Å². The van der Waals surface area contributed by atoms with Gasteiger partial charge in [-0.15, -0.1) is 0 Å². The third kappa shape index (κ3) is 4.10. The molecule has 0 amide bonds. The Balaban J connectivity index is 1.97. The Morgan fingerprint density at radius 2 is 2.20 bits per heavy atom. The number of nitrogens with two attached hydrogens (primary N) is 1. The van der Waals surface area contributed by atoms with E-state index < -0.39 is 0 Å². The first-order chi connectivity index (χ1) is 9.54. The summed E-state index contributed by atoms with van der Waals surface area (Å²) in [7, 11) is 1.92. The molecule has 0 fully saturated rings. The van der Waals surface area contributed by atoms with E-state index in [0.717, 1.165) is 18.6 Å². The molecule has 0 aliphatic rings. The second-order valence-electron chi connectivity index (χ2n) is 5.41. The zero-order chi connectivity index (χ0) is 14.5. The van der Waals surface area contributed by atoms with Crippen molar-refractivity contribution in [3.8, 4) is 5.75 Å². The van der Waals surface area contributed by atoms with Gasteiger partial charge in [0.2, 0.25) is 0 Å². The number of ether oxygens (including phenoxy) is 1. The van der Waals surface area contributed by atoms with E-state index in [2.05, 4.69) is 24.2 Å². The molecule has 0 bridgehead atoms. The van der Waals surface area contributed by atoms with Crippen molar-refractivity contribution in [2.24, 2.45) is 12.8 Å². The van der Waals surface area contributed by atoms with Gasteiger partial charge < -0.3 is 10.5 Å². The Hall–Kier alpha value is -1.81. The summed E-state index contributed by atoms with van der Waals surface area (Å²) in [5.41, 5.74) is 9.51. The highest BCUT2D eigenvalue weighted by atomic mass is 16.5. The predicted molar refractivity (Wildman–Crippen MR) is 80.9 cm³/mol. The van der Waals surface area contributed by atoms with Crippen molar-refractivity contribution in [1.29, 1.82) is 0 Å². The highest BCUT2D eigenvalue weighted by molar-refractivity contribution is 5.37. The third-order valence-electron chi connectivity index (χ3n) is 3.16. The van der Waals surface area contributed by atoms with Gasteiger partial charge >= 0.3 is 0 Å². The zero-order valence-electron chi connectivity index (χ0n) is 12.5. The molecule has 2 aromatic rings.